The summed E-state index contributed by atoms with van der Waals surface area (Å²) in [6, 6.07) is 0. The molecule has 0 heterocycles. The van der Waals surface area contributed by atoms with Gasteiger partial charge in [-0.25, -0.2) is 0 Å². The summed E-state index contributed by atoms with van der Waals surface area (Å²) in [4.78, 5) is 37.9. The molecule has 0 aromatic heterocycles. The number of allylic oxidation sites excluding steroid dienone is 8. The van der Waals surface area contributed by atoms with Gasteiger partial charge in [0.25, 0.3) is 0 Å². The minimum Gasteiger partial charge on any atom is -0.462 e. The molecule has 1 unspecified atom stereocenters. The molecule has 0 aliphatic heterocycles. The van der Waals surface area contributed by atoms with Crippen LogP contribution < -0.4 is 0 Å². The van der Waals surface area contributed by atoms with Gasteiger partial charge >= 0.3 is 17.9 Å². The van der Waals surface area contributed by atoms with Gasteiger partial charge < -0.3 is 14.2 Å². The Bertz CT molecular complexity index is 1060. The Morgan fingerprint density at radius 1 is 0.333 bits per heavy atom. The number of esters is 3. The Kier molecular flexibility index (Phi) is 46.9. The molecule has 0 saturated carbocycles. The Balaban J connectivity index is 4.39. The second kappa shape index (κ2) is 49.0. The van der Waals surface area contributed by atoms with E-state index in [0.29, 0.717) is 19.3 Å². The van der Waals surface area contributed by atoms with E-state index in [4.69, 9.17) is 14.2 Å². The van der Waals surface area contributed by atoms with Gasteiger partial charge in [0, 0.05) is 19.3 Å². The van der Waals surface area contributed by atoms with Gasteiger partial charge in [0.15, 0.2) is 6.10 Å². The van der Waals surface area contributed by atoms with Crippen molar-refractivity contribution in [1.82, 2.24) is 0 Å². The normalized spacial score (nSPS) is 12.4. The Labute approximate surface area is 371 Å². The lowest BCUT2D eigenvalue weighted by atomic mass is 10.1. The van der Waals surface area contributed by atoms with Crippen molar-refractivity contribution in [2.45, 2.75) is 264 Å². The monoisotopic (exact) mass is 841 g/mol. The molecule has 6 nitrogen and oxygen atoms in total. The first-order chi connectivity index (χ1) is 29.5. The number of hydrogen-bond acceptors (Lipinski definition) is 6. The topological polar surface area (TPSA) is 78.9 Å². The van der Waals surface area contributed by atoms with Crippen molar-refractivity contribution in [3.63, 3.8) is 0 Å². The van der Waals surface area contributed by atoms with Crippen LogP contribution in [0.3, 0.4) is 0 Å². The van der Waals surface area contributed by atoms with Crippen molar-refractivity contribution >= 4 is 17.9 Å². The van der Waals surface area contributed by atoms with Crippen LogP contribution in [0.1, 0.15) is 258 Å². The fourth-order valence-corrected chi connectivity index (χ4v) is 7.11. The molecule has 0 aliphatic carbocycles. The standard InChI is InChI=1S/C54H96O6/c1-4-7-10-13-16-19-22-24-26-27-28-30-32-35-38-41-44-47-53(56)59-50-51(49-58-52(55)46-43-40-37-34-31-21-18-15-12-9-6-3)60-54(57)48-45-42-39-36-33-29-25-23-20-17-14-11-8-5-2/h15,18,21,24,26,29,31,33,51H,4-14,16-17,19-20,22-23,25,27-28,30,32,34-50H2,1-3H3/b18-15-,26-24-,31-21-,33-29-. The predicted molar refractivity (Wildman–Crippen MR) is 256 cm³/mol. The molecule has 6 heteroatoms. The molecule has 0 saturated heterocycles. The number of hydrogen-bond donors (Lipinski definition) is 0. The number of ether oxygens (including phenoxy) is 3. The summed E-state index contributed by atoms with van der Waals surface area (Å²) in [5.41, 5.74) is 0. The van der Waals surface area contributed by atoms with E-state index in [1.165, 1.54) is 135 Å². The molecule has 0 aromatic rings. The van der Waals surface area contributed by atoms with E-state index in [9.17, 15) is 14.4 Å². The van der Waals surface area contributed by atoms with Gasteiger partial charge in [0.1, 0.15) is 13.2 Å². The maximum atomic E-state index is 12.8. The van der Waals surface area contributed by atoms with Gasteiger partial charge in [-0.15, -0.1) is 0 Å². The second-order valence-corrected chi connectivity index (χ2v) is 17.1. The molecule has 60 heavy (non-hydrogen) atoms. The molecule has 348 valence electrons. The van der Waals surface area contributed by atoms with Gasteiger partial charge in [-0.1, -0.05) is 198 Å². The average molecular weight is 841 g/mol. The summed E-state index contributed by atoms with van der Waals surface area (Å²) < 4.78 is 16.7. The predicted octanol–water partition coefficient (Wildman–Crippen LogP) is 16.7. The van der Waals surface area contributed by atoms with Crippen LogP contribution in [-0.4, -0.2) is 37.2 Å². The maximum absolute atomic E-state index is 12.8. The summed E-state index contributed by atoms with van der Waals surface area (Å²) in [5, 5.41) is 0. The number of unbranched alkanes of at least 4 members (excludes halogenated alkanes) is 28. The van der Waals surface area contributed by atoms with Crippen LogP contribution in [0.25, 0.3) is 0 Å². The van der Waals surface area contributed by atoms with E-state index < -0.39 is 6.10 Å². The van der Waals surface area contributed by atoms with Gasteiger partial charge in [-0.2, -0.15) is 0 Å². The zero-order valence-electron chi connectivity index (χ0n) is 39.7. The average Bonchev–Trinajstić information content (AvgIpc) is 3.24. The van der Waals surface area contributed by atoms with Crippen molar-refractivity contribution in [3.8, 4) is 0 Å². The highest BCUT2D eigenvalue weighted by atomic mass is 16.6. The molecular formula is C54H96O6. The lowest BCUT2D eigenvalue weighted by Crippen LogP contribution is -2.30. The van der Waals surface area contributed by atoms with Crippen LogP contribution in [0.2, 0.25) is 0 Å². The fourth-order valence-electron chi connectivity index (χ4n) is 7.11. The fraction of sp³-hybridized carbons (Fsp3) is 0.796. The molecule has 0 aromatic carbocycles. The largest absolute Gasteiger partial charge is 0.462 e. The molecule has 0 fully saturated rings. The molecular weight excluding hydrogens is 745 g/mol. The third-order valence-corrected chi connectivity index (χ3v) is 11.1. The minimum atomic E-state index is -0.791. The molecule has 0 amide bonds. The van der Waals surface area contributed by atoms with Crippen LogP contribution in [0.4, 0.5) is 0 Å². The van der Waals surface area contributed by atoms with Crippen LogP contribution in [-0.2, 0) is 28.6 Å². The van der Waals surface area contributed by atoms with Gasteiger partial charge in [0.05, 0.1) is 0 Å². The summed E-state index contributed by atoms with van der Waals surface area (Å²) >= 11 is 0. The summed E-state index contributed by atoms with van der Waals surface area (Å²) in [5.74, 6) is -0.934. The van der Waals surface area contributed by atoms with Crippen molar-refractivity contribution in [2.24, 2.45) is 0 Å². The summed E-state index contributed by atoms with van der Waals surface area (Å²) in [6.45, 7) is 6.54. The molecule has 0 N–H and O–H groups in total. The number of rotatable bonds is 46. The zero-order chi connectivity index (χ0) is 43.7. The van der Waals surface area contributed by atoms with Crippen LogP contribution in [0.15, 0.2) is 48.6 Å². The molecule has 0 rings (SSSR count). The van der Waals surface area contributed by atoms with E-state index in [-0.39, 0.29) is 31.1 Å². The number of carbonyl (C=O) groups is 3. The highest BCUT2D eigenvalue weighted by molar-refractivity contribution is 5.71. The second-order valence-electron chi connectivity index (χ2n) is 17.1. The summed E-state index contributed by atoms with van der Waals surface area (Å²) in [6.07, 6.45) is 58.1. The summed E-state index contributed by atoms with van der Waals surface area (Å²) in [7, 11) is 0. The first-order valence-corrected chi connectivity index (χ1v) is 25.7. The van der Waals surface area contributed by atoms with E-state index in [1.54, 1.807) is 0 Å². The third-order valence-electron chi connectivity index (χ3n) is 11.1. The molecule has 0 radical (unpaired) electrons. The third kappa shape index (κ3) is 46.4. The van der Waals surface area contributed by atoms with E-state index in [0.717, 1.165) is 83.5 Å². The quantitative estimate of drug-likeness (QED) is 0.0200. The highest BCUT2D eigenvalue weighted by Crippen LogP contribution is 2.14. The van der Waals surface area contributed by atoms with Crippen LogP contribution in [0.5, 0.6) is 0 Å². The molecule has 1 atom stereocenters. The smallest absolute Gasteiger partial charge is 0.306 e. The van der Waals surface area contributed by atoms with Crippen LogP contribution >= 0.6 is 0 Å². The van der Waals surface area contributed by atoms with E-state index in [1.807, 2.05) is 0 Å². The Morgan fingerprint density at radius 2 is 0.617 bits per heavy atom. The van der Waals surface area contributed by atoms with Crippen molar-refractivity contribution in [3.05, 3.63) is 48.6 Å². The van der Waals surface area contributed by atoms with Gasteiger partial charge in [-0.3, -0.25) is 14.4 Å². The van der Waals surface area contributed by atoms with Crippen molar-refractivity contribution in [2.75, 3.05) is 13.2 Å². The van der Waals surface area contributed by atoms with E-state index in [2.05, 4.69) is 69.4 Å². The van der Waals surface area contributed by atoms with Gasteiger partial charge in [0.2, 0.25) is 0 Å². The SMILES string of the molecule is CCCC/C=C\C=C/CCCCCC(=O)OCC(COC(=O)CCCCCCCCC/C=C\CCCCCCCC)OC(=O)CCCCC/C=C\CCCCCCCCC. The molecule has 0 bridgehead atoms. The Morgan fingerprint density at radius 3 is 1.00 bits per heavy atom. The van der Waals surface area contributed by atoms with Crippen molar-refractivity contribution < 1.29 is 28.6 Å². The van der Waals surface area contributed by atoms with Crippen LogP contribution in [0, 0.1) is 0 Å². The first kappa shape index (κ1) is 57.4. The minimum absolute atomic E-state index is 0.0893. The lowest BCUT2D eigenvalue weighted by molar-refractivity contribution is -0.167. The van der Waals surface area contributed by atoms with Gasteiger partial charge in [-0.05, 0) is 89.9 Å². The molecule has 0 spiro atoms. The molecule has 0 aliphatic rings. The first-order valence-electron chi connectivity index (χ1n) is 25.7. The number of carbonyl (C=O) groups excluding carboxylic acids is 3. The highest BCUT2D eigenvalue weighted by Gasteiger charge is 2.19. The zero-order valence-corrected chi connectivity index (χ0v) is 39.7. The lowest BCUT2D eigenvalue weighted by Gasteiger charge is -2.18. The van der Waals surface area contributed by atoms with Crippen molar-refractivity contribution in [1.29, 1.82) is 0 Å². The maximum Gasteiger partial charge on any atom is 0.306 e. The van der Waals surface area contributed by atoms with E-state index >= 15 is 0 Å². The Hall–Kier alpha value is -2.63.